The molecule has 0 aromatic carbocycles. The minimum absolute atomic E-state index is 0.310. The maximum atomic E-state index is 5.76. The third kappa shape index (κ3) is 6.87. The number of ether oxygens (including phenoxy) is 2. The van der Waals surface area contributed by atoms with Gasteiger partial charge in [-0.1, -0.05) is 34.6 Å². The first-order valence-electron chi connectivity index (χ1n) is 7.84. The molecule has 0 atom stereocenters. The first-order valence-corrected chi connectivity index (χ1v) is 7.84. The Kier molecular flexibility index (Phi) is 8.23. The second-order valence-electron chi connectivity index (χ2n) is 5.69. The van der Waals surface area contributed by atoms with Gasteiger partial charge < -0.3 is 14.8 Å². The maximum absolute atomic E-state index is 5.76. The number of nitrogens with one attached hydrogen (secondary N) is 1. The summed E-state index contributed by atoms with van der Waals surface area (Å²) in [6.07, 6.45) is 2.80. The van der Waals surface area contributed by atoms with Gasteiger partial charge in [0, 0.05) is 25.1 Å². The standard InChI is InChI=1S/C16H29N3O2/c1-6-7-20-8-9-21-15-11-18-16(12(2)3)19-14(15)10-17-13(4)5/h11-13,17H,6-10H2,1-5H3. The summed E-state index contributed by atoms with van der Waals surface area (Å²) in [5, 5.41) is 3.38. The fourth-order valence-corrected chi connectivity index (χ4v) is 1.70. The van der Waals surface area contributed by atoms with Gasteiger partial charge in [-0.05, 0) is 6.42 Å². The minimum atomic E-state index is 0.310. The van der Waals surface area contributed by atoms with E-state index in [9.17, 15) is 0 Å². The molecule has 0 saturated carbocycles. The van der Waals surface area contributed by atoms with Gasteiger partial charge in [0.05, 0.1) is 18.5 Å². The average Bonchev–Trinajstić information content (AvgIpc) is 2.45. The molecule has 0 bridgehead atoms. The van der Waals surface area contributed by atoms with Crippen molar-refractivity contribution in [2.24, 2.45) is 0 Å². The van der Waals surface area contributed by atoms with Gasteiger partial charge in [-0.2, -0.15) is 0 Å². The van der Waals surface area contributed by atoms with E-state index in [0.29, 0.717) is 31.7 Å². The Morgan fingerprint density at radius 2 is 1.90 bits per heavy atom. The van der Waals surface area contributed by atoms with Crippen LogP contribution >= 0.6 is 0 Å². The molecule has 1 heterocycles. The highest BCUT2D eigenvalue weighted by atomic mass is 16.5. The zero-order valence-electron chi connectivity index (χ0n) is 14.0. The van der Waals surface area contributed by atoms with Crippen LogP contribution in [-0.2, 0) is 11.3 Å². The highest BCUT2D eigenvalue weighted by Gasteiger charge is 2.11. The molecule has 1 rings (SSSR count). The van der Waals surface area contributed by atoms with Gasteiger partial charge >= 0.3 is 0 Å². The Hall–Kier alpha value is -1.20. The molecule has 21 heavy (non-hydrogen) atoms. The molecule has 1 N–H and O–H groups in total. The topological polar surface area (TPSA) is 56.3 Å². The molecule has 1 aromatic heterocycles. The first-order chi connectivity index (χ1) is 10.0. The second-order valence-corrected chi connectivity index (χ2v) is 5.69. The van der Waals surface area contributed by atoms with E-state index in [2.05, 4.69) is 49.9 Å². The molecule has 0 aliphatic carbocycles. The lowest BCUT2D eigenvalue weighted by atomic mass is 10.2. The Morgan fingerprint density at radius 1 is 1.14 bits per heavy atom. The van der Waals surface area contributed by atoms with Crippen molar-refractivity contribution in [1.82, 2.24) is 15.3 Å². The predicted molar refractivity (Wildman–Crippen MR) is 84.7 cm³/mol. The summed E-state index contributed by atoms with van der Waals surface area (Å²) in [5.74, 6) is 1.91. The molecule has 0 saturated heterocycles. The highest BCUT2D eigenvalue weighted by Crippen LogP contribution is 2.18. The van der Waals surface area contributed by atoms with Crippen LogP contribution in [0.3, 0.4) is 0 Å². The van der Waals surface area contributed by atoms with Gasteiger partial charge in [0.15, 0.2) is 5.75 Å². The maximum Gasteiger partial charge on any atom is 0.160 e. The molecular weight excluding hydrogens is 266 g/mol. The van der Waals surface area contributed by atoms with Crippen molar-refractivity contribution in [2.45, 2.75) is 59.5 Å². The van der Waals surface area contributed by atoms with Crippen molar-refractivity contribution in [1.29, 1.82) is 0 Å². The van der Waals surface area contributed by atoms with Gasteiger partial charge in [0.1, 0.15) is 12.4 Å². The van der Waals surface area contributed by atoms with E-state index in [0.717, 1.165) is 30.3 Å². The zero-order valence-corrected chi connectivity index (χ0v) is 14.0. The van der Waals surface area contributed by atoms with Crippen LogP contribution in [-0.4, -0.2) is 35.8 Å². The van der Waals surface area contributed by atoms with E-state index in [-0.39, 0.29) is 0 Å². The summed E-state index contributed by atoms with van der Waals surface area (Å²) in [7, 11) is 0. The number of aromatic nitrogens is 2. The van der Waals surface area contributed by atoms with Crippen molar-refractivity contribution < 1.29 is 9.47 Å². The largest absolute Gasteiger partial charge is 0.488 e. The molecule has 5 nitrogen and oxygen atoms in total. The van der Waals surface area contributed by atoms with Gasteiger partial charge in [-0.25, -0.2) is 9.97 Å². The van der Waals surface area contributed by atoms with Crippen LogP contribution in [0.4, 0.5) is 0 Å². The zero-order chi connectivity index (χ0) is 15.7. The summed E-state index contributed by atoms with van der Waals surface area (Å²) in [4.78, 5) is 9.00. The quantitative estimate of drug-likeness (QED) is 0.673. The highest BCUT2D eigenvalue weighted by molar-refractivity contribution is 5.25. The number of rotatable bonds is 10. The molecule has 0 unspecified atom stereocenters. The van der Waals surface area contributed by atoms with E-state index in [1.165, 1.54) is 0 Å². The van der Waals surface area contributed by atoms with Gasteiger partial charge in [-0.3, -0.25) is 0 Å². The van der Waals surface area contributed by atoms with Crippen molar-refractivity contribution in [3.05, 3.63) is 17.7 Å². The lowest BCUT2D eigenvalue weighted by Crippen LogP contribution is -2.23. The Labute approximate surface area is 128 Å². The SMILES string of the molecule is CCCOCCOc1cnc(C(C)C)nc1CNC(C)C. The minimum Gasteiger partial charge on any atom is -0.488 e. The third-order valence-electron chi connectivity index (χ3n) is 2.88. The molecule has 0 radical (unpaired) electrons. The van der Waals surface area contributed by atoms with Crippen molar-refractivity contribution in [3.8, 4) is 5.75 Å². The van der Waals surface area contributed by atoms with Crippen LogP contribution in [0.25, 0.3) is 0 Å². The summed E-state index contributed by atoms with van der Waals surface area (Å²) in [6.45, 7) is 13.1. The van der Waals surface area contributed by atoms with Crippen LogP contribution in [0.2, 0.25) is 0 Å². The summed E-state index contributed by atoms with van der Waals surface area (Å²) >= 11 is 0. The average molecular weight is 295 g/mol. The Bertz CT molecular complexity index is 409. The summed E-state index contributed by atoms with van der Waals surface area (Å²) in [5.41, 5.74) is 0.915. The monoisotopic (exact) mass is 295 g/mol. The number of hydrogen-bond donors (Lipinski definition) is 1. The van der Waals surface area contributed by atoms with E-state index in [1.807, 2.05) is 0 Å². The van der Waals surface area contributed by atoms with Gasteiger partial charge in [0.25, 0.3) is 0 Å². The molecule has 0 amide bonds. The molecule has 0 spiro atoms. The number of hydrogen-bond acceptors (Lipinski definition) is 5. The van der Waals surface area contributed by atoms with E-state index < -0.39 is 0 Å². The molecule has 0 aliphatic heterocycles. The van der Waals surface area contributed by atoms with E-state index in [1.54, 1.807) is 6.20 Å². The molecule has 0 fully saturated rings. The van der Waals surface area contributed by atoms with Crippen LogP contribution in [0.1, 0.15) is 58.5 Å². The third-order valence-corrected chi connectivity index (χ3v) is 2.88. The predicted octanol–water partition coefficient (Wildman–Crippen LogP) is 2.90. The fourth-order valence-electron chi connectivity index (χ4n) is 1.70. The van der Waals surface area contributed by atoms with Crippen LogP contribution in [0, 0.1) is 0 Å². The lowest BCUT2D eigenvalue weighted by Gasteiger charge is -2.14. The molecule has 0 aliphatic rings. The van der Waals surface area contributed by atoms with E-state index in [4.69, 9.17) is 9.47 Å². The molecule has 1 aromatic rings. The fraction of sp³-hybridized carbons (Fsp3) is 0.750. The second kappa shape index (κ2) is 9.68. The van der Waals surface area contributed by atoms with Crippen molar-refractivity contribution in [3.63, 3.8) is 0 Å². The van der Waals surface area contributed by atoms with Gasteiger partial charge in [0.2, 0.25) is 0 Å². The number of nitrogens with zero attached hydrogens (tertiary/aromatic N) is 2. The van der Waals surface area contributed by atoms with Crippen molar-refractivity contribution in [2.75, 3.05) is 19.8 Å². The molecule has 120 valence electrons. The van der Waals surface area contributed by atoms with E-state index >= 15 is 0 Å². The van der Waals surface area contributed by atoms with Crippen LogP contribution in [0.5, 0.6) is 5.75 Å². The normalized spacial score (nSPS) is 11.4. The van der Waals surface area contributed by atoms with Gasteiger partial charge in [-0.15, -0.1) is 0 Å². The first kappa shape index (κ1) is 17.9. The lowest BCUT2D eigenvalue weighted by molar-refractivity contribution is 0.0998. The molecular formula is C16H29N3O2. The summed E-state index contributed by atoms with van der Waals surface area (Å²) < 4.78 is 11.2. The van der Waals surface area contributed by atoms with Crippen molar-refractivity contribution >= 4 is 0 Å². The smallest absolute Gasteiger partial charge is 0.160 e. The van der Waals surface area contributed by atoms with Crippen LogP contribution < -0.4 is 10.1 Å². The summed E-state index contributed by atoms with van der Waals surface area (Å²) in [6, 6.07) is 0.406. The Balaban J connectivity index is 2.66. The Morgan fingerprint density at radius 3 is 2.52 bits per heavy atom. The molecule has 5 heteroatoms. The van der Waals surface area contributed by atoms with Crippen LogP contribution in [0.15, 0.2) is 6.20 Å².